The first kappa shape index (κ1) is 18.4. The van der Waals surface area contributed by atoms with E-state index in [1.165, 1.54) is 33.4 Å². The molecule has 148 valence electrons. The molecule has 0 bridgehead atoms. The number of hydrogen-bond donors (Lipinski definition) is 1. The molecule has 0 aromatic heterocycles. The van der Waals surface area contributed by atoms with E-state index in [4.69, 9.17) is 0 Å². The maximum absolute atomic E-state index is 12.9. The third-order valence-electron chi connectivity index (χ3n) is 6.96. The molecule has 3 atom stereocenters. The zero-order valence-electron chi connectivity index (χ0n) is 17.2. The smallest absolute Gasteiger partial charge is 0.239 e. The van der Waals surface area contributed by atoms with Crippen LogP contribution in [0.25, 0.3) is 17.7 Å². The second kappa shape index (κ2) is 7.31. The Bertz CT molecular complexity index is 967. The number of carbonyl (C=O) groups is 1. The lowest BCUT2D eigenvalue weighted by Gasteiger charge is -2.47. The van der Waals surface area contributed by atoms with Crippen LogP contribution in [-0.2, 0) is 4.79 Å². The number of piperidine rings is 2. The van der Waals surface area contributed by atoms with Gasteiger partial charge >= 0.3 is 0 Å². The average molecular weight is 385 g/mol. The Morgan fingerprint density at radius 2 is 1.59 bits per heavy atom. The minimum atomic E-state index is -0.0287. The number of likely N-dealkylation sites (N-methyl/N-ethyl adjacent to an activating group) is 1. The van der Waals surface area contributed by atoms with Crippen molar-refractivity contribution in [2.45, 2.75) is 38.3 Å². The lowest BCUT2D eigenvalue weighted by molar-refractivity contribution is -0.142. The summed E-state index contributed by atoms with van der Waals surface area (Å²) in [6.45, 7) is 3.13. The van der Waals surface area contributed by atoms with Crippen LogP contribution in [0.1, 0.15) is 48.4 Å². The van der Waals surface area contributed by atoms with Crippen LogP contribution in [0.3, 0.4) is 0 Å². The number of benzene rings is 2. The summed E-state index contributed by atoms with van der Waals surface area (Å²) in [4.78, 5) is 15.1. The van der Waals surface area contributed by atoms with Gasteiger partial charge in [0.05, 0.1) is 6.04 Å². The summed E-state index contributed by atoms with van der Waals surface area (Å²) < 4.78 is 0. The molecular weight excluding hydrogens is 356 g/mol. The molecule has 3 aliphatic rings. The predicted molar refractivity (Wildman–Crippen MR) is 119 cm³/mol. The highest BCUT2D eigenvalue weighted by molar-refractivity contribution is 5.95. The normalized spacial score (nSPS) is 25.9. The van der Waals surface area contributed by atoms with Gasteiger partial charge in [-0.1, -0.05) is 73.2 Å². The van der Waals surface area contributed by atoms with Crippen molar-refractivity contribution >= 4 is 23.6 Å². The summed E-state index contributed by atoms with van der Waals surface area (Å²) in [7, 11) is 1.90. The molecule has 1 amide bonds. The summed E-state index contributed by atoms with van der Waals surface area (Å²) in [6, 6.07) is 17.7. The van der Waals surface area contributed by atoms with Crippen molar-refractivity contribution in [3.05, 3.63) is 76.4 Å². The van der Waals surface area contributed by atoms with Gasteiger partial charge in [-0.2, -0.15) is 0 Å². The largest absolute Gasteiger partial charge is 0.337 e. The van der Waals surface area contributed by atoms with Gasteiger partial charge in [0, 0.05) is 12.6 Å². The van der Waals surface area contributed by atoms with Gasteiger partial charge in [-0.3, -0.25) is 4.79 Å². The Hall–Kier alpha value is -2.65. The fourth-order valence-corrected chi connectivity index (χ4v) is 5.41. The van der Waals surface area contributed by atoms with Crippen LogP contribution in [0.2, 0.25) is 0 Å². The first-order valence-electron chi connectivity index (χ1n) is 10.7. The molecule has 0 radical (unpaired) electrons. The standard InChI is InChI=1S/C26H28N2O/c1-17-15-23(27-2)26(29)28-14-13-20(16-24(17)28)25-21-9-5-3-7-18(21)11-12-19-8-4-6-10-22(19)25/h3-12,17,23-24,27H,13-16H2,1-2H3/t17?,23-,24?/m0/s1. The third-order valence-corrected chi connectivity index (χ3v) is 6.96. The summed E-state index contributed by atoms with van der Waals surface area (Å²) in [6.07, 6.45) is 7.32. The highest BCUT2D eigenvalue weighted by Gasteiger charge is 2.41. The molecule has 2 aromatic rings. The van der Waals surface area contributed by atoms with Crippen molar-refractivity contribution < 1.29 is 4.79 Å². The molecule has 2 aromatic carbocycles. The average Bonchev–Trinajstić information content (AvgIpc) is 2.93. The predicted octanol–water partition coefficient (Wildman–Crippen LogP) is 4.59. The second-order valence-electron chi connectivity index (χ2n) is 8.59. The van der Waals surface area contributed by atoms with E-state index in [-0.39, 0.29) is 11.9 Å². The number of hydrogen-bond acceptors (Lipinski definition) is 2. The maximum atomic E-state index is 12.9. The molecule has 3 heteroatoms. The van der Waals surface area contributed by atoms with Crippen molar-refractivity contribution in [3.8, 4) is 0 Å². The summed E-state index contributed by atoms with van der Waals surface area (Å²) in [5, 5.41) is 3.21. The van der Waals surface area contributed by atoms with Crippen molar-refractivity contribution in [1.82, 2.24) is 10.2 Å². The minimum Gasteiger partial charge on any atom is -0.337 e. The first-order chi connectivity index (χ1) is 14.2. The lowest BCUT2D eigenvalue weighted by atomic mass is 9.77. The van der Waals surface area contributed by atoms with Crippen LogP contribution in [0.4, 0.5) is 0 Å². The van der Waals surface area contributed by atoms with Crippen molar-refractivity contribution in [1.29, 1.82) is 0 Å². The quantitative estimate of drug-likeness (QED) is 0.665. The van der Waals surface area contributed by atoms with Gasteiger partial charge in [0.15, 0.2) is 0 Å². The first-order valence-corrected chi connectivity index (χ1v) is 10.7. The van der Waals surface area contributed by atoms with Crippen molar-refractivity contribution in [2.24, 2.45) is 5.92 Å². The fraction of sp³-hybridized carbons (Fsp3) is 0.346. The summed E-state index contributed by atoms with van der Waals surface area (Å²) >= 11 is 0. The summed E-state index contributed by atoms with van der Waals surface area (Å²) in [5.74, 6) is 0.776. The van der Waals surface area contributed by atoms with Crippen LogP contribution < -0.4 is 5.32 Å². The molecule has 3 nitrogen and oxygen atoms in total. The fourth-order valence-electron chi connectivity index (χ4n) is 5.41. The van der Waals surface area contributed by atoms with Gasteiger partial charge < -0.3 is 10.2 Å². The summed E-state index contributed by atoms with van der Waals surface area (Å²) in [5.41, 5.74) is 8.07. The number of nitrogens with one attached hydrogen (secondary N) is 1. The van der Waals surface area contributed by atoms with Gasteiger partial charge in [0.2, 0.25) is 5.91 Å². The van der Waals surface area contributed by atoms with Crippen LogP contribution in [0, 0.1) is 5.92 Å². The Morgan fingerprint density at radius 3 is 2.21 bits per heavy atom. The van der Waals surface area contributed by atoms with Crippen molar-refractivity contribution in [3.63, 3.8) is 0 Å². The topological polar surface area (TPSA) is 32.3 Å². The number of rotatable bonds is 1. The molecule has 29 heavy (non-hydrogen) atoms. The van der Waals surface area contributed by atoms with Gasteiger partial charge in [-0.15, -0.1) is 0 Å². The molecule has 1 N–H and O–H groups in total. The Morgan fingerprint density at radius 1 is 0.966 bits per heavy atom. The number of nitrogens with zero attached hydrogens (tertiary/aromatic N) is 1. The van der Waals surface area contributed by atoms with E-state index in [0.717, 1.165) is 25.8 Å². The molecule has 0 spiro atoms. The zero-order valence-corrected chi connectivity index (χ0v) is 17.2. The van der Waals surface area contributed by atoms with Gasteiger partial charge in [-0.05, 0) is 60.1 Å². The SMILES string of the molecule is CN[C@H]1CC(C)C2CC(=C3c4ccccc4C=Cc4ccccc43)CCN2C1=O. The van der Waals surface area contributed by atoms with Crippen LogP contribution >= 0.6 is 0 Å². The van der Waals surface area contributed by atoms with Crippen molar-refractivity contribution in [2.75, 3.05) is 13.6 Å². The monoisotopic (exact) mass is 384 g/mol. The highest BCUT2D eigenvalue weighted by atomic mass is 16.2. The molecule has 5 rings (SSSR count). The van der Waals surface area contributed by atoms with E-state index < -0.39 is 0 Å². The van der Waals surface area contributed by atoms with E-state index in [9.17, 15) is 4.79 Å². The Kier molecular flexibility index (Phi) is 4.63. The van der Waals surface area contributed by atoms with E-state index in [1.54, 1.807) is 0 Å². The molecule has 1 aliphatic carbocycles. The third kappa shape index (κ3) is 3.05. The molecule has 2 saturated heterocycles. The van der Waals surface area contributed by atoms with Crippen LogP contribution in [-0.4, -0.2) is 36.5 Å². The number of fused-ring (bicyclic) bond motifs is 3. The minimum absolute atomic E-state index is 0.0287. The van der Waals surface area contributed by atoms with Gasteiger partial charge in [0.1, 0.15) is 0 Å². The molecule has 2 unspecified atom stereocenters. The van der Waals surface area contributed by atoms with E-state index in [0.29, 0.717) is 12.0 Å². The van der Waals surface area contributed by atoms with Crippen LogP contribution in [0.5, 0.6) is 0 Å². The molecule has 2 aliphatic heterocycles. The Labute approximate surface area is 173 Å². The number of amides is 1. The van der Waals surface area contributed by atoms with E-state index >= 15 is 0 Å². The maximum Gasteiger partial charge on any atom is 0.239 e. The van der Waals surface area contributed by atoms with Crippen LogP contribution in [0.15, 0.2) is 54.1 Å². The second-order valence-corrected chi connectivity index (χ2v) is 8.59. The molecular formula is C26H28N2O. The molecule has 2 fully saturated rings. The van der Waals surface area contributed by atoms with Gasteiger partial charge in [0.25, 0.3) is 0 Å². The molecule has 0 saturated carbocycles. The molecule has 2 heterocycles. The Balaban J connectivity index is 1.62. The lowest BCUT2D eigenvalue weighted by Crippen LogP contribution is -2.59. The van der Waals surface area contributed by atoms with E-state index in [1.807, 2.05) is 7.05 Å². The van der Waals surface area contributed by atoms with Gasteiger partial charge in [-0.25, -0.2) is 0 Å². The van der Waals surface area contributed by atoms with E-state index in [2.05, 4.69) is 77.8 Å². The number of carbonyl (C=O) groups excluding carboxylic acids is 1. The zero-order chi connectivity index (χ0) is 20.0. The highest BCUT2D eigenvalue weighted by Crippen LogP contribution is 2.42.